The van der Waals surface area contributed by atoms with Gasteiger partial charge >= 0.3 is 0 Å². The summed E-state index contributed by atoms with van der Waals surface area (Å²) in [4.78, 5) is 2.71. The zero-order valence-electron chi connectivity index (χ0n) is 13.4. The van der Waals surface area contributed by atoms with E-state index in [1.807, 2.05) is 0 Å². The Morgan fingerprint density at radius 3 is 2.67 bits per heavy atom. The van der Waals surface area contributed by atoms with Crippen molar-refractivity contribution in [2.24, 2.45) is 5.92 Å². The molecule has 21 heavy (non-hydrogen) atoms. The first kappa shape index (κ1) is 15.1. The minimum Gasteiger partial charge on any atom is -0.311 e. The molecule has 1 heterocycles. The fourth-order valence-corrected chi connectivity index (χ4v) is 4.14. The van der Waals surface area contributed by atoms with E-state index in [9.17, 15) is 0 Å². The van der Waals surface area contributed by atoms with Crippen LogP contribution in [0.2, 0.25) is 0 Å². The van der Waals surface area contributed by atoms with E-state index in [0.29, 0.717) is 6.04 Å². The molecule has 3 rings (SSSR count). The second-order valence-electron chi connectivity index (χ2n) is 6.99. The van der Waals surface area contributed by atoms with Gasteiger partial charge in [0.2, 0.25) is 0 Å². The Hall–Kier alpha value is -0.860. The van der Waals surface area contributed by atoms with Crippen LogP contribution >= 0.6 is 0 Å². The van der Waals surface area contributed by atoms with E-state index in [0.717, 1.165) is 12.0 Å². The molecule has 1 aromatic carbocycles. The number of nitrogens with one attached hydrogen (secondary N) is 1. The summed E-state index contributed by atoms with van der Waals surface area (Å²) >= 11 is 0. The molecule has 1 aliphatic heterocycles. The van der Waals surface area contributed by atoms with Crippen molar-refractivity contribution >= 4 is 0 Å². The van der Waals surface area contributed by atoms with Crippen LogP contribution in [-0.2, 0) is 6.42 Å². The maximum Gasteiger partial charge on any atom is 0.0223 e. The van der Waals surface area contributed by atoms with Crippen molar-refractivity contribution in [3.8, 4) is 0 Å². The van der Waals surface area contributed by atoms with Gasteiger partial charge in [-0.1, -0.05) is 49.6 Å². The summed E-state index contributed by atoms with van der Waals surface area (Å²) < 4.78 is 0. The van der Waals surface area contributed by atoms with Crippen molar-refractivity contribution in [3.63, 3.8) is 0 Å². The van der Waals surface area contributed by atoms with Crippen LogP contribution in [0.25, 0.3) is 0 Å². The molecule has 1 aliphatic carbocycles. The van der Waals surface area contributed by atoms with Crippen molar-refractivity contribution in [3.05, 3.63) is 35.9 Å². The fourth-order valence-electron chi connectivity index (χ4n) is 4.14. The third kappa shape index (κ3) is 4.08. The summed E-state index contributed by atoms with van der Waals surface area (Å²) in [6.07, 6.45) is 8.41. The summed E-state index contributed by atoms with van der Waals surface area (Å²) in [5.41, 5.74) is 1.47. The van der Waals surface area contributed by atoms with Crippen LogP contribution in [0.15, 0.2) is 30.3 Å². The fraction of sp³-hybridized carbons (Fsp3) is 0.684. The van der Waals surface area contributed by atoms with E-state index in [1.54, 1.807) is 0 Å². The first-order valence-electron chi connectivity index (χ1n) is 8.84. The molecule has 0 amide bonds. The first-order chi connectivity index (χ1) is 10.3. The van der Waals surface area contributed by atoms with E-state index in [2.05, 4.69) is 47.5 Å². The number of hydrogen-bond donors (Lipinski definition) is 1. The molecule has 0 aromatic heterocycles. The first-order valence-corrected chi connectivity index (χ1v) is 8.84. The third-order valence-corrected chi connectivity index (χ3v) is 5.45. The van der Waals surface area contributed by atoms with Crippen molar-refractivity contribution in [1.82, 2.24) is 10.2 Å². The summed E-state index contributed by atoms with van der Waals surface area (Å²) in [5.74, 6) is 0.922. The van der Waals surface area contributed by atoms with Gasteiger partial charge in [-0.05, 0) is 37.7 Å². The molecule has 116 valence electrons. The van der Waals surface area contributed by atoms with Crippen molar-refractivity contribution in [2.45, 2.75) is 57.5 Å². The molecule has 2 fully saturated rings. The number of piperazine rings is 1. The highest BCUT2D eigenvalue weighted by molar-refractivity contribution is 5.15. The summed E-state index contributed by atoms with van der Waals surface area (Å²) in [6, 6.07) is 12.3. The van der Waals surface area contributed by atoms with E-state index < -0.39 is 0 Å². The highest BCUT2D eigenvalue weighted by atomic mass is 15.2. The summed E-state index contributed by atoms with van der Waals surface area (Å²) in [6.45, 7) is 6.02. The van der Waals surface area contributed by atoms with Crippen molar-refractivity contribution < 1.29 is 0 Å². The van der Waals surface area contributed by atoms with Gasteiger partial charge in [0.25, 0.3) is 0 Å². The van der Waals surface area contributed by atoms with Crippen molar-refractivity contribution in [1.29, 1.82) is 0 Å². The Morgan fingerprint density at radius 2 is 1.90 bits per heavy atom. The number of nitrogens with zero attached hydrogens (tertiary/aromatic N) is 1. The molecule has 2 unspecified atom stereocenters. The molecule has 2 aliphatic rings. The lowest BCUT2D eigenvalue weighted by Crippen LogP contribution is -2.56. The average Bonchev–Trinajstić information content (AvgIpc) is 2.57. The molecule has 1 N–H and O–H groups in total. The molecule has 1 aromatic rings. The smallest absolute Gasteiger partial charge is 0.0223 e. The van der Waals surface area contributed by atoms with Gasteiger partial charge in [-0.15, -0.1) is 0 Å². The molecule has 0 radical (unpaired) electrons. The minimum atomic E-state index is 0.653. The second kappa shape index (κ2) is 7.42. The number of rotatable bonds is 4. The predicted octanol–water partition coefficient (Wildman–Crippen LogP) is 3.47. The molecule has 2 nitrogen and oxygen atoms in total. The molecule has 0 bridgehead atoms. The Bertz CT molecular complexity index is 411. The monoisotopic (exact) mass is 286 g/mol. The quantitative estimate of drug-likeness (QED) is 0.911. The van der Waals surface area contributed by atoms with Crippen LogP contribution in [0.5, 0.6) is 0 Å². The van der Waals surface area contributed by atoms with Gasteiger partial charge in [0, 0.05) is 31.7 Å². The van der Waals surface area contributed by atoms with Crippen LogP contribution in [0, 0.1) is 5.92 Å². The number of benzene rings is 1. The van der Waals surface area contributed by atoms with Crippen LogP contribution in [0.4, 0.5) is 0 Å². The molecule has 0 spiro atoms. The van der Waals surface area contributed by atoms with E-state index in [4.69, 9.17) is 0 Å². The molecule has 2 atom stereocenters. The molecule has 1 saturated carbocycles. The second-order valence-corrected chi connectivity index (χ2v) is 6.99. The van der Waals surface area contributed by atoms with Gasteiger partial charge < -0.3 is 5.32 Å². The van der Waals surface area contributed by atoms with Gasteiger partial charge in [0.1, 0.15) is 0 Å². The standard InChI is InChI=1S/C19H30N2/c1-16(14-17-8-4-2-5-9-17)21-13-12-20-19(15-21)18-10-6-3-7-11-18/h2,4-5,8-9,16,18-20H,3,6-7,10-15H2,1H3. The Labute approximate surface area is 129 Å². The largest absolute Gasteiger partial charge is 0.311 e. The van der Waals surface area contributed by atoms with Gasteiger partial charge in [-0.2, -0.15) is 0 Å². The molecular formula is C19H30N2. The lowest BCUT2D eigenvalue weighted by atomic mass is 9.83. The third-order valence-electron chi connectivity index (χ3n) is 5.45. The molecule has 2 heteroatoms. The van der Waals surface area contributed by atoms with Gasteiger partial charge in [-0.3, -0.25) is 4.90 Å². The Kier molecular flexibility index (Phi) is 5.32. The van der Waals surface area contributed by atoms with Crippen LogP contribution in [0.3, 0.4) is 0 Å². The Morgan fingerprint density at radius 1 is 1.14 bits per heavy atom. The van der Waals surface area contributed by atoms with E-state index in [1.165, 1.54) is 63.7 Å². The molecular weight excluding hydrogens is 256 g/mol. The summed E-state index contributed by atoms with van der Waals surface area (Å²) in [5, 5.41) is 3.80. The van der Waals surface area contributed by atoms with Crippen LogP contribution in [0.1, 0.15) is 44.6 Å². The van der Waals surface area contributed by atoms with Crippen LogP contribution < -0.4 is 5.32 Å². The highest BCUT2D eigenvalue weighted by Gasteiger charge is 2.29. The minimum absolute atomic E-state index is 0.653. The maximum absolute atomic E-state index is 3.80. The average molecular weight is 286 g/mol. The SMILES string of the molecule is CC(Cc1ccccc1)N1CCNC(C2CCCCC2)C1. The highest BCUT2D eigenvalue weighted by Crippen LogP contribution is 2.28. The molecule has 1 saturated heterocycles. The zero-order chi connectivity index (χ0) is 14.5. The van der Waals surface area contributed by atoms with Crippen molar-refractivity contribution in [2.75, 3.05) is 19.6 Å². The lowest BCUT2D eigenvalue weighted by molar-refractivity contribution is 0.114. The summed E-state index contributed by atoms with van der Waals surface area (Å²) in [7, 11) is 0. The van der Waals surface area contributed by atoms with Gasteiger partial charge in [0.15, 0.2) is 0 Å². The lowest BCUT2D eigenvalue weighted by Gasteiger charge is -2.41. The number of hydrogen-bond acceptors (Lipinski definition) is 2. The van der Waals surface area contributed by atoms with Crippen LogP contribution in [-0.4, -0.2) is 36.6 Å². The van der Waals surface area contributed by atoms with Gasteiger partial charge in [0.05, 0.1) is 0 Å². The predicted molar refractivity (Wildman–Crippen MR) is 89.5 cm³/mol. The topological polar surface area (TPSA) is 15.3 Å². The van der Waals surface area contributed by atoms with E-state index in [-0.39, 0.29) is 0 Å². The zero-order valence-corrected chi connectivity index (χ0v) is 13.4. The normalized spacial score (nSPS) is 26.6. The Balaban J connectivity index is 1.55. The van der Waals surface area contributed by atoms with E-state index >= 15 is 0 Å². The maximum atomic E-state index is 3.80. The van der Waals surface area contributed by atoms with Gasteiger partial charge in [-0.25, -0.2) is 0 Å².